The van der Waals surface area contributed by atoms with Gasteiger partial charge in [-0.05, 0) is 41.7 Å². The highest BCUT2D eigenvalue weighted by Gasteiger charge is 2.30. The van der Waals surface area contributed by atoms with E-state index in [1.54, 1.807) is 18.3 Å². The number of aromatic nitrogens is 1. The van der Waals surface area contributed by atoms with Crippen LogP contribution in [0.15, 0.2) is 41.6 Å². The summed E-state index contributed by atoms with van der Waals surface area (Å²) in [5, 5.41) is 9.22. The maximum absolute atomic E-state index is 12.8. The Hall–Kier alpha value is -2.25. The van der Waals surface area contributed by atoms with Gasteiger partial charge in [0, 0.05) is 25.5 Å². The van der Waals surface area contributed by atoms with E-state index in [0.717, 1.165) is 12.0 Å². The van der Waals surface area contributed by atoms with Gasteiger partial charge in [-0.2, -0.15) is 4.31 Å². The van der Waals surface area contributed by atoms with Crippen LogP contribution in [0.4, 0.5) is 0 Å². The van der Waals surface area contributed by atoms with Gasteiger partial charge in [0.25, 0.3) is 0 Å². The number of aryl methyl sites for hydroxylation is 1. The number of pyridine rings is 1. The maximum Gasteiger partial charge on any atom is 0.337 e. The fraction of sp³-hybridized carbons (Fsp3) is 0.294. The molecule has 7 heteroatoms. The topological polar surface area (TPSA) is 87.6 Å². The van der Waals surface area contributed by atoms with Crippen LogP contribution >= 0.6 is 0 Å². The van der Waals surface area contributed by atoms with Crippen LogP contribution in [0, 0.1) is 0 Å². The Balaban J connectivity index is 1.91. The van der Waals surface area contributed by atoms with E-state index < -0.39 is 16.0 Å². The van der Waals surface area contributed by atoms with Crippen molar-refractivity contribution >= 4 is 16.0 Å². The summed E-state index contributed by atoms with van der Waals surface area (Å²) in [6, 6.07) is 6.87. The second-order valence-corrected chi connectivity index (χ2v) is 7.65. The minimum absolute atomic E-state index is 0.140. The fourth-order valence-corrected chi connectivity index (χ4v) is 4.32. The van der Waals surface area contributed by atoms with Crippen LogP contribution in [0.3, 0.4) is 0 Å². The van der Waals surface area contributed by atoms with Crippen LogP contribution in [0.25, 0.3) is 0 Å². The van der Waals surface area contributed by atoms with Gasteiger partial charge in [0.05, 0.1) is 10.5 Å². The van der Waals surface area contributed by atoms with Crippen LogP contribution in [-0.2, 0) is 29.4 Å². The average Bonchev–Trinajstić information content (AvgIpc) is 2.60. The van der Waals surface area contributed by atoms with Gasteiger partial charge < -0.3 is 5.11 Å². The van der Waals surface area contributed by atoms with E-state index in [1.807, 2.05) is 19.1 Å². The third kappa shape index (κ3) is 2.92. The van der Waals surface area contributed by atoms with Crippen molar-refractivity contribution in [2.24, 2.45) is 0 Å². The molecule has 0 aliphatic carbocycles. The summed E-state index contributed by atoms with van der Waals surface area (Å²) < 4.78 is 27.0. The number of sulfonamides is 1. The molecule has 1 aliphatic rings. The SMILES string of the molecule is CCc1ccc(S(=O)(=O)N2CCc3c(cncc3C(=O)O)C2)cc1. The van der Waals surface area contributed by atoms with Crippen molar-refractivity contribution in [1.29, 1.82) is 0 Å². The molecule has 0 fully saturated rings. The summed E-state index contributed by atoms with van der Waals surface area (Å²) in [6.07, 6.45) is 4.07. The van der Waals surface area contributed by atoms with Crippen LogP contribution < -0.4 is 0 Å². The van der Waals surface area contributed by atoms with Crippen molar-refractivity contribution in [2.45, 2.75) is 31.2 Å². The maximum atomic E-state index is 12.8. The molecule has 3 rings (SSSR count). The molecule has 0 bridgehead atoms. The van der Waals surface area contributed by atoms with Crippen molar-refractivity contribution in [3.8, 4) is 0 Å². The number of carbonyl (C=O) groups is 1. The molecule has 1 aromatic heterocycles. The van der Waals surface area contributed by atoms with Crippen LogP contribution in [-0.4, -0.2) is 35.3 Å². The smallest absolute Gasteiger partial charge is 0.337 e. The van der Waals surface area contributed by atoms with E-state index in [0.29, 0.717) is 17.5 Å². The van der Waals surface area contributed by atoms with Crippen molar-refractivity contribution in [3.05, 3.63) is 58.9 Å². The van der Waals surface area contributed by atoms with Crippen LogP contribution in [0.5, 0.6) is 0 Å². The Morgan fingerprint density at radius 2 is 1.96 bits per heavy atom. The minimum atomic E-state index is -3.60. The van der Waals surface area contributed by atoms with E-state index in [-0.39, 0.29) is 23.5 Å². The summed E-state index contributed by atoms with van der Waals surface area (Å²) in [5.74, 6) is -1.04. The van der Waals surface area contributed by atoms with Gasteiger partial charge in [-0.1, -0.05) is 19.1 Å². The van der Waals surface area contributed by atoms with Crippen molar-refractivity contribution < 1.29 is 18.3 Å². The zero-order valence-electron chi connectivity index (χ0n) is 13.3. The molecular weight excluding hydrogens is 328 g/mol. The molecule has 2 heterocycles. The monoisotopic (exact) mass is 346 g/mol. The predicted octanol–water partition coefficient (Wildman–Crippen LogP) is 2.09. The second kappa shape index (κ2) is 6.33. The van der Waals surface area contributed by atoms with Gasteiger partial charge in [-0.25, -0.2) is 13.2 Å². The zero-order chi connectivity index (χ0) is 17.3. The Morgan fingerprint density at radius 1 is 1.25 bits per heavy atom. The molecule has 24 heavy (non-hydrogen) atoms. The van der Waals surface area contributed by atoms with E-state index in [9.17, 15) is 18.3 Å². The van der Waals surface area contributed by atoms with E-state index in [2.05, 4.69) is 4.98 Å². The Morgan fingerprint density at radius 3 is 2.58 bits per heavy atom. The van der Waals surface area contributed by atoms with Gasteiger partial charge in [0.2, 0.25) is 10.0 Å². The number of aromatic carboxylic acids is 1. The lowest BCUT2D eigenvalue weighted by Gasteiger charge is -2.28. The lowest BCUT2D eigenvalue weighted by Crippen LogP contribution is -2.36. The highest BCUT2D eigenvalue weighted by Crippen LogP contribution is 2.26. The Labute approximate surface area is 140 Å². The third-order valence-electron chi connectivity index (χ3n) is 4.30. The first kappa shape index (κ1) is 16.6. The Bertz CT molecular complexity index is 876. The van der Waals surface area contributed by atoms with E-state index in [1.165, 1.54) is 10.5 Å². The molecule has 0 unspecified atom stereocenters. The number of nitrogens with zero attached hydrogens (tertiary/aromatic N) is 2. The lowest BCUT2D eigenvalue weighted by atomic mass is 9.98. The molecule has 126 valence electrons. The summed E-state index contributed by atoms with van der Waals surface area (Å²) in [5.41, 5.74) is 2.55. The molecule has 2 aromatic rings. The van der Waals surface area contributed by atoms with Crippen molar-refractivity contribution in [3.63, 3.8) is 0 Å². The molecule has 1 N–H and O–H groups in total. The summed E-state index contributed by atoms with van der Waals surface area (Å²) in [6.45, 7) is 2.41. The molecule has 1 aromatic carbocycles. The summed E-state index contributed by atoms with van der Waals surface area (Å²) in [7, 11) is -3.60. The zero-order valence-corrected chi connectivity index (χ0v) is 14.1. The molecule has 6 nitrogen and oxygen atoms in total. The number of hydrogen-bond acceptors (Lipinski definition) is 4. The molecule has 1 aliphatic heterocycles. The van der Waals surface area contributed by atoms with E-state index >= 15 is 0 Å². The minimum Gasteiger partial charge on any atom is -0.478 e. The standard InChI is InChI=1S/C17H18N2O4S/c1-2-12-3-5-14(6-4-12)24(22,23)19-8-7-15-13(11-19)9-18-10-16(15)17(20)21/h3-6,9-10H,2,7-8,11H2,1H3,(H,20,21). The first-order valence-corrected chi connectivity index (χ1v) is 9.15. The normalized spacial score (nSPS) is 15.0. The van der Waals surface area contributed by atoms with Crippen molar-refractivity contribution in [1.82, 2.24) is 9.29 Å². The van der Waals surface area contributed by atoms with E-state index in [4.69, 9.17) is 0 Å². The summed E-state index contributed by atoms with van der Waals surface area (Å²) in [4.78, 5) is 15.4. The van der Waals surface area contributed by atoms with Gasteiger partial charge in [0.15, 0.2) is 0 Å². The third-order valence-corrected chi connectivity index (χ3v) is 6.16. The number of fused-ring (bicyclic) bond motifs is 1. The van der Waals surface area contributed by atoms with Crippen LogP contribution in [0.2, 0.25) is 0 Å². The van der Waals surface area contributed by atoms with Gasteiger partial charge in [-0.3, -0.25) is 4.98 Å². The predicted molar refractivity (Wildman–Crippen MR) is 88.3 cm³/mol. The molecular formula is C17H18N2O4S. The van der Waals surface area contributed by atoms with Crippen LogP contribution in [0.1, 0.15) is 34.0 Å². The lowest BCUT2D eigenvalue weighted by molar-refractivity contribution is 0.0694. The number of hydrogen-bond donors (Lipinski definition) is 1. The number of carboxylic acids is 1. The molecule has 0 saturated heterocycles. The average molecular weight is 346 g/mol. The first-order chi connectivity index (χ1) is 11.4. The number of rotatable bonds is 4. The molecule has 0 amide bonds. The quantitative estimate of drug-likeness (QED) is 0.916. The summed E-state index contributed by atoms with van der Waals surface area (Å²) >= 11 is 0. The first-order valence-electron chi connectivity index (χ1n) is 7.71. The van der Waals surface area contributed by atoms with Gasteiger partial charge in [0.1, 0.15) is 0 Å². The highest BCUT2D eigenvalue weighted by molar-refractivity contribution is 7.89. The van der Waals surface area contributed by atoms with Crippen molar-refractivity contribution in [2.75, 3.05) is 6.54 Å². The molecule has 0 saturated carbocycles. The highest BCUT2D eigenvalue weighted by atomic mass is 32.2. The fourth-order valence-electron chi connectivity index (χ4n) is 2.90. The molecule has 0 spiro atoms. The second-order valence-electron chi connectivity index (χ2n) is 5.72. The number of carboxylic acid groups (broad SMARTS) is 1. The number of benzene rings is 1. The van der Waals surface area contributed by atoms with Gasteiger partial charge in [-0.15, -0.1) is 0 Å². The molecule has 0 radical (unpaired) electrons. The van der Waals surface area contributed by atoms with Gasteiger partial charge >= 0.3 is 5.97 Å². The largest absolute Gasteiger partial charge is 0.478 e. The molecule has 0 atom stereocenters. The Kier molecular flexibility index (Phi) is 4.38.